The van der Waals surface area contributed by atoms with E-state index in [0.717, 1.165) is 12.8 Å². The van der Waals surface area contributed by atoms with Crippen molar-refractivity contribution < 1.29 is 14.3 Å². The van der Waals surface area contributed by atoms with Crippen LogP contribution in [0.3, 0.4) is 0 Å². The molecule has 0 aromatic rings. The molecule has 2 rings (SSSR count). The van der Waals surface area contributed by atoms with E-state index in [1.807, 2.05) is 13.8 Å². The molecule has 68 valence electrons. The average Bonchev–Trinajstić information content (AvgIpc) is 2.56. The maximum Gasteiger partial charge on any atom is 0.338 e. The topological polar surface area (TPSA) is 38.8 Å². The van der Waals surface area contributed by atoms with Crippen LogP contribution in [0.15, 0.2) is 0 Å². The van der Waals surface area contributed by atoms with Gasteiger partial charge >= 0.3 is 5.97 Å². The highest BCUT2D eigenvalue weighted by Gasteiger charge is 2.64. The van der Waals surface area contributed by atoms with Gasteiger partial charge in [0.25, 0.3) is 0 Å². The van der Waals surface area contributed by atoms with Crippen molar-refractivity contribution in [1.29, 1.82) is 0 Å². The number of epoxide rings is 1. The molecule has 0 aromatic heterocycles. The molecule has 1 aliphatic carbocycles. The Labute approximate surface area is 72.0 Å². The molecule has 0 bridgehead atoms. The quantitative estimate of drug-likeness (QED) is 0.462. The number of hydrogen-bond donors (Lipinski definition) is 0. The van der Waals surface area contributed by atoms with E-state index in [1.54, 1.807) is 0 Å². The van der Waals surface area contributed by atoms with E-state index < -0.39 is 0 Å². The van der Waals surface area contributed by atoms with Gasteiger partial charge in [0.15, 0.2) is 6.10 Å². The normalized spacial score (nSPS) is 30.1. The fourth-order valence-corrected chi connectivity index (χ4v) is 1.66. The van der Waals surface area contributed by atoms with Crippen LogP contribution in [-0.4, -0.2) is 23.8 Å². The van der Waals surface area contributed by atoms with Crippen molar-refractivity contribution in [2.24, 2.45) is 0 Å². The Kier molecular flexibility index (Phi) is 1.65. The zero-order valence-corrected chi connectivity index (χ0v) is 7.50. The molecule has 1 saturated carbocycles. The summed E-state index contributed by atoms with van der Waals surface area (Å²) < 4.78 is 10.4. The Morgan fingerprint density at radius 3 is 2.58 bits per heavy atom. The van der Waals surface area contributed by atoms with E-state index in [2.05, 4.69) is 0 Å². The van der Waals surface area contributed by atoms with E-state index >= 15 is 0 Å². The zero-order chi connectivity index (χ0) is 8.77. The monoisotopic (exact) mass is 170 g/mol. The second-order valence-electron chi connectivity index (χ2n) is 3.90. The van der Waals surface area contributed by atoms with E-state index in [1.165, 1.54) is 6.42 Å². The summed E-state index contributed by atoms with van der Waals surface area (Å²) >= 11 is 0. The second kappa shape index (κ2) is 2.46. The maximum atomic E-state index is 11.3. The van der Waals surface area contributed by atoms with Crippen molar-refractivity contribution in [2.45, 2.75) is 50.9 Å². The van der Waals surface area contributed by atoms with E-state index in [4.69, 9.17) is 9.47 Å². The molecule has 2 fully saturated rings. The molecule has 1 atom stereocenters. The van der Waals surface area contributed by atoms with E-state index in [0.29, 0.717) is 0 Å². The molecular weight excluding hydrogens is 156 g/mol. The summed E-state index contributed by atoms with van der Waals surface area (Å²) in [5.74, 6) is -0.176. The minimum atomic E-state index is -0.242. The minimum Gasteiger partial charge on any atom is -0.461 e. The Hall–Kier alpha value is -0.570. The highest BCUT2D eigenvalue weighted by molar-refractivity contribution is 5.79. The summed E-state index contributed by atoms with van der Waals surface area (Å²) in [6, 6.07) is 0. The molecule has 1 heterocycles. The summed E-state index contributed by atoms with van der Waals surface area (Å²) in [7, 11) is 0. The van der Waals surface area contributed by atoms with E-state index in [-0.39, 0.29) is 23.8 Å². The van der Waals surface area contributed by atoms with Gasteiger partial charge in [0.05, 0.1) is 6.10 Å². The van der Waals surface area contributed by atoms with Gasteiger partial charge in [-0.05, 0) is 33.1 Å². The van der Waals surface area contributed by atoms with Crippen LogP contribution in [0.25, 0.3) is 0 Å². The highest BCUT2D eigenvalue weighted by Crippen LogP contribution is 2.52. The van der Waals surface area contributed by atoms with Crippen LogP contribution in [0.4, 0.5) is 0 Å². The average molecular weight is 170 g/mol. The van der Waals surface area contributed by atoms with Crippen LogP contribution in [-0.2, 0) is 14.3 Å². The molecule has 1 aliphatic heterocycles. The lowest BCUT2D eigenvalue weighted by Gasteiger charge is -2.21. The summed E-state index contributed by atoms with van der Waals surface area (Å²) in [6.45, 7) is 3.71. The lowest BCUT2D eigenvalue weighted by atomic mass is 9.82. The van der Waals surface area contributed by atoms with Crippen molar-refractivity contribution in [3.05, 3.63) is 0 Å². The number of ether oxygens (including phenoxy) is 2. The molecule has 1 spiro atoms. The van der Waals surface area contributed by atoms with Crippen LogP contribution in [0, 0.1) is 0 Å². The fraction of sp³-hybridized carbons (Fsp3) is 0.889. The van der Waals surface area contributed by atoms with Gasteiger partial charge in [-0.15, -0.1) is 0 Å². The molecule has 0 aromatic carbocycles. The first-order valence-electron chi connectivity index (χ1n) is 4.52. The van der Waals surface area contributed by atoms with Gasteiger partial charge in [-0.1, -0.05) is 0 Å². The number of hydrogen-bond acceptors (Lipinski definition) is 3. The third kappa shape index (κ3) is 1.12. The van der Waals surface area contributed by atoms with Gasteiger partial charge in [0.2, 0.25) is 0 Å². The van der Waals surface area contributed by atoms with Crippen molar-refractivity contribution in [2.75, 3.05) is 0 Å². The van der Waals surface area contributed by atoms with Crippen molar-refractivity contribution in [1.82, 2.24) is 0 Å². The fourth-order valence-electron chi connectivity index (χ4n) is 1.66. The van der Waals surface area contributed by atoms with Gasteiger partial charge in [0.1, 0.15) is 5.60 Å². The lowest BCUT2D eigenvalue weighted by molar-refractivity contribution is -0.148. The van der Waals surface area contributed by atoms with Crippen molar-refractivity contribution in [3.8, 4) is 0 Å². The molecule has 1 saturated heterocycles. The Morgan fingerprint density at radius 1 is 1.58 bits per heavy atom. The molecule has 1 unspecified atom stereocenters. The predicted octanol–water partition coefficient (Wildman–Crippen LogP) is 1.26. The molecule has 12 heavy (non-hydrogen) atoms. The van der Waals surface area contributed by atoms with Crippen LogP contribution in [0.1, 0.15) is 33.1 Å². The first-order chi connectivity index (χ1) is 5.64. The lowest BCUT2D eigenvalue weighted by Crippen LogP contribution is -2.30. The predicted molar refractivity (Wildman–Crippen MR) is 42.7 cm³/mol. The molecule has 0 amide bonds. The maximum absolute atomic E-state index is 11.3. The number of carbonyl (C=O) groups excluding carboxylic acids is 1. The Bertz CT molecular complexity index is 206. The summed E-state index contributed by atoms with van der Waals surface area (Å²) in [5.41, 5.74) is -0.0774. The van der Waals surface area contributed by atoms with Crippen LogP contribution in [0.5, 0.6) is 0 Å². The smallest absolute Gasteiger partial charge is 0.338 e. The molecule has 3 nitrogen and oxygen atoms in total. The minimum absolute atomic E-state index is 0.0289. The molecule has 3 heteroatoms. The SMILES string of the molecule is CC(C)OC(=O)C1OC12CCC2. The number of carbonyl (C=O) groups is 1. The molecular formula is C9H14O3. The first-order valence-corrected chi connectivity index (χ1v) is 4.52. The van der Waals surface area contributed by atoms with E-state index in [9.17, 15) is 4.79 Å². The summed E-state index contributed by atoms with van der Waals surface area (Å²) in [6.07, 6.45) is 2.98. The van der Waals surface area contributed by atoms with Gasteiger partial charge in [-0.3, -0.25) is 0 Å². The van der Waals surface area contributed by atoms with Crippen LogP contribution in [0.2, 0.25) is 0 Å². The third-order valence-corrected chi connectivity index (χ3v) is 2.54. The number of esters is 1. The first kappa shape index (κ1) is 8.05. The molecule has 0 N–H and O–H groups in total. The van der Waals surface area contributed by atoms with Crippen LogP contribution < -0.4 is 0 Å². The standard InChI is InChI=1S/C9H14O3/c1-6(2)11-8(10)7-9(12-7)4-3-5-9/h6-7H,3-5H2,1-2H3. The number of rotatable bonds is 2. The van der Waals surface area contributed by atoms with Gasteiger partial charge in [0, 0.05) is 0 Å². The van der Waals surface area contributed by atoms with Crippen molar-refractivity contribution >= 4 is 5.97 Å². The largest absolute Gasteiger partial charge is 0.461 e. The van der Waals surface area contributed by atoms with Crippen molar-refractivity contribution in [3.63, 3.8) is 0 Å². The highest BCUT2D eigenvalue weighted by atomic mass is 16.7. The second-order valence-corrected chi connectivity index (χ2v) is 3.90. The van der Waals surface area contributed by atoms with Crippen LogP contribution >= 0.6 is 0 Å². The van der Waals surface area contributed by atoms with Gasteiger partial charge in [-0.2, -0.15) is 0 Å². The Morgan fingerprint density at radius 2 is 2.25 bits per heavy atom. The zero-order valence-electron chi connectivity index (χ0n) is 7.50. The molecule has 0 radical (unpaired) electrons. The van der Waals surface area contributed by atoms with Gasteiger partial charge < -0.3 is 9.47 Å². The Balaban J connectivity index is 1.83. The molecule has 2 aliphatic rings. The summed E-state index contributed by atoms with van der Waals surface area (Å²) in [4.78, 5) is 11.3. The summed E-state index contributed by atoms with van der Waals surface area (Å²) in [5, 5.41) is 0. The third-order valence-electron chi connectivity index (χ3n) is 2.54. The van der Waals surface area contributed by atoms with Gasteiger partial charge in [-0.25, -0.2) is 4.79 Å².